The summed E-state index contributed by atoms with van der Waals surface area (Å²) in [6.45, 7) is 0.458. The minimum Gasteiger partial charge on any atom is -0.392 e. The zero-order valence-corrected chi connectivity index (χ0v) is 11.5. The largest absolute Gasteiger partial charge is 0.392 e. The topological polar surface area (TPSA) is 76.3 Å². The molecule has 1 aliphatic rings. The Morgan fingerprint density at radius 3 is 2.89 bits per heavy atom. The van der Waals surface area contributed by atoms with Crippen molar-refractivity contribution in [1.29, 1.82) is 0 Å². The van der Waals surface area contributed by atoms with Gasteiger partial charge in [0, 0.05) is 18.9 Å². The standard InChI is InChI=1S/C11H15N3O2S2/c12-11(17)10-5-1-2-7-14(10)18(15,16)9-4-3-6-13-8-9/h3-4,6,8,10H,1-2,5,7H2,(H2,12,17). The van der Waals surface area contributed by atoms with Gasteiger partial charge in [0.25, 0.3) is 0 Å². The number of thiocarbonyl (C=S) groups is 1. The molecule has 18 heavy (non-hydrogen) atoms. The Morgan fingerprint density at radius 2 is 2.28 bits per heavy atom. The Kier molecular flexibility index (Phi) is 3.94. The number of aromatic nitrogens is 1. The van der Waals surface area contributed by atoms with Crippen LogP contribution in [0.2, 0.25) is 0 Å². The summed E-state index contributed by atoms with van der Waals surface area (Å²) in [5.41, 5.74) is 5.64. The van der Waals surface area contributed by atoms with Gasteiger partial charge in [0.05, 0.1) is 11.0 Å². The van der Waals surface area contributed by atoms with Gasteiger partial charge in [-0.25, -0.2) is 8.42 Å². The van der Waals surface area contributed by atoms with Crippen molar-refractivity contribution < 1.29 is 8.42 Å². The van der Waals surface area contributed by atoms with Crippen molar-refractivity contribution >= 4 is 27.2 Å². The average Bonchev–Trinajstić information content (AvgIpc) is 2.39. The molecule has 1 unspecified atom stereocenters. The maximum atomic E-state index is 12.5. The number of pyridine rings is 1. The zero-order chi connectivity index (χ0) is 13.2. The summed E-state index contributed by atoms with van der Waals surface area (Å²) < 4.78 is 26.3. The fraction of sp³-hybridized carbons (Fsp3) is 0.455. The van der Waals surface area contributed by atoms with Gasteiger partial charge in [-0.05, 0) is 25.0 Å². The van der Waals surface area contributed by atoms with E-state index in [9.17, 15) is 8.42 Å². The van der Waals surface area contributed by atoms with Crippen molar-refractivity contribution in [1.82, 2.24) is 9.29 Å². The average molecular weight is 285 g/mol. The number of sulfonamides is 1. The third-order valence-corrected chi connectivity index (χ3v) is 5.19. The quantitative estimate of drug-likeness (QED) is 0.835. The van der Waals surface area contributed by atoms with Gasteiger partial charge in [-0.2, -0.15) is 4.31 Å². The van der Waals surface area contributed by atoms with Gasteiger partial charge >= 0.3 is 0 Å². The molecule has 0 aliphatic carbocycles. The summed E-state index contributed by atoms with van der Waals surface area (Å²) in [6.07, 6.45) is 5.36. The van der Waals surface area contributed by atoms with E-state index in [4.69, 9.17) is 18.0 Å². The Bertz CT molecular complexity index is 530. The minimum absolute atomic E-state index is 0.188. The molecule has 1 atom stereocenters. The maximum Gasteiger partial charge on any atom is 0.245 e. The van der Waals surface area contributed by atoms with E-state index in [1.807, 2.05) is 0 Å². The second kappa shape index (κ2) is 5.29. The number of nitrogens with zero attached hydrogens (tertiary/aromatic N) is 2. The monoisotopic (exact) mass is 285 g/mol. The normalized spacial score (nSPS) is 21.7. The molecule has 1 saturated heterocycles. The van der Waals surface area contributed by atoms with Crippen LogP contribution in [0.1, 0.15) is 19.3 Å². The van der Waals surface area contributed by atoms with Gasteiger partial charge in [0.15, 0.2) is 0 Å². The molecular weight excluding hydrogens is 270 g/mol. The molecule has 0 radical (unpaired) electrons. The number of hydrogen-bond donors (Lipinski definition) is 1. The highest BCUT2D eigenvalue weighted by atomic mass is 32.2. The molecule has 1 aliphatic heterocycles. The number of rotatable bonds is 3. The van der Waals surface area contributed by atoms with Crippen molar-refractivity contribution in [2.75, 3.05) is 6.54 Å². The molecule has 7 heteroatoms. The molecule has 5 nitrogen and oxygen atoms in total. The van der Waals surface area contributed by atoms with E-state index in [-0.39, 0.29) is 15.9 Å². The van der Waals surface area contributed by atoms with Crippen LogP contribution in [0.5, 0.6) is 0 Å². The highest BCUT2D eigenvalue weighted by Gasteiger charge is 2.34. The fourth-order valence-corrected chi connectivity index (χ4v) is 4.06. The Labute approximate surface area is 112 Å². The molecule has 1 fully saturated rings. The molecule has 2 N–H and O–H groups in total. The first kappa shape index (κ1) is 13.4. The Morgan fingerprint density at radius 1 is 1.50 bits per heavy atom. The third-order valence-electron chi connectivity index (χ3n) is 3.02. The van der Waals surface area contributed by atoms with Crippen molar-refractivity contribution in [2.24, 2.45) is 5.73 Å². The van der Waals surface area contributed by atoms with E-state index in [0.717, 1.165) is 12.8 Å². The molecular formula is C11H15N3O2S2. The smallest absolute Gasteiger partial charge is 0.245 e. The van der Waals surface area contributed by atoms with E-state index in [2.05, 4.69) is 4.98 Å². The molecule has 2 rings (SSSR count). The molecule has 0 bridgehead atoms. The fourth-order valence-electron chi connectivity index (χ4n) is 2.11. The second-order valence-corrected chi connectivity index (χ2v) is 6.58. The maximum absolute atomic E-state index is 12.5. The molecule has 2 heterocycles. The van der Waals surface area contributed by atoms with Crippen molar-refractivity contribution in [3.05, 3.63) is 24.5 Å². The van der Waals surface area contributed by atoms with Crippen LogP contribution < -0.4 is 5.73 Å². The SMILES string of the molecule is NC(=S)C1CCCCN1S(=O)(=O)c1cccnc1. The van der Waals surface area contributed by atoms with E-state index in [0.29, 0.717) is 13.0 Å². The van der Waals surface area contributed by atoms with E-state index < -0.39 is 10.0 Å². The van der Waals surface area contributed by atoms with Crippen LogP contribution >= 0.6 is 12.2 Å². The molecule has 0 spiro atoms. The highest BCUT2D eigenvalue weighted by molar-refractivity contribution is 7.89. The minimum atomic E-state index is -3.55. The summed E-state index contributed by atoms with van der Waals surface area (Å²) in [6, 6.07) is 2.76. The molecule has 98 valence electrons. The molecule has 1 aromatic heterocycles. The summed E-state index contributed by atoms with van der Waals surface area (Å²) in [7, 11) is -3.55. The first-order valence-electron chi connectivity index (χ1n) is 5.74. The summed E-state index contributed by atoms with van der Waals surface area (Å²) in [5.74, 6) is 0. The Hall–Kier alpha value is -1.05. The number of hydrogen-bond acceptors (Lipinski definition) is 4. The lowest BCUT2D eigenvalue weighted by atomic mass is 10.1. The lowest BCUT2D eigenvalue weighted by Gasteiger charge is -2.33. The molecule has 0 aromatic carbocycles. The van der Waals surface area contributed by atoms with E-state index >= 15 is 0 Å². The number of nitrogens with two attached hydrogens (primary N) is 1. The van der Waals surface area contributed by atoms with Gasteiger partial charge in [0.1, 0.15) is 4.90 Å². The zero-order valence-electron chi connectivity index (χ0n) is 9.82. The molecule has 0 saturated carbocycles. The van der Waals surface area contributed by atoms with Gasteiger partial charge < -0.3 is 5.73 Å². The van der Waals surface area contributed by atoms with Gasteiger partial charge in [-0.15, -0.1) is 0 Å². The van der Waals surface area contributed by atoms with Gasteiger partial charge in [-0.1, -0.05) is 18.6 Å². The summed E-state index contributed by atoms with van der Waals surface area (Å²) >= 11 is 4.97. The predicted molar refractivity (Wildman–Crippen MR) is 72.6 cm³/mol. The second-order valence-electron chi connectivity index (χ2n) is 4.22. The van der Waals surface area contributed by atoms with Crippen LogP contribution in [0.3, 0.4) is 0 Å². The molecule has 0 amide bonds. The lowest BCUT2D eigenvalue weighted by molar-refractivity contribution is 0.306. The third kappa shape index (κ3) is 2.52. The van der Waals surface area contributed by atoms with Crippen LogP contribution in [0.25, 0.3) is 0 Å². The first-order valence-corrected chi connectivity index (χ1v) is 7.59. The van der Waals surface area contributed by atoms with E-state index in [1.165, 1.54) is 16.6 Å². The van der Waals surface area contributed by atoms with Crippen LogP contribution in [0, 0.1) is 0 Å². The Balaban J connectivity index is 2.36. The van der Waals surface area contributed by atoms with Crippen molar-refractivity contribution in [2.45, 2.75) is 30.2 Å². The van der Waals surface area contributed by atoms with Gasteiger partial charge in [0.2, 0.25) is 10.0 Å². The van der Waals surface area contributed by atoms with Gasteiger partial charge in [-0.3, -0.25) is 4.98 Å². The highest BCUT2D eigenvalue weighted by Crippen LogP contribution is 2.24. The van der Waals surface area contributed by atoms with Crippen molar-refractivity contribution in [3.63, 3.8) is 0 Å². The predicted octanol–water partition coefficient (Wildman–Crippen LogP) is 0.911. The number of piperidine rings is 1. The van der Waals surface area contributed by atoms with Crippen LogP contribution in [0.4, 0.5) is 0 Å². The van der Waals surface area contributed by atoms with Crippen LogP contribution in [0.15, 0.2) is 29.4 Å². The van der Waals surface area contributed by atoms with Crippen LogP contribution in [-0.2, 0) is 10.0 Å². The summed E-state index contributed by atoms with van der Waals surface area (Å²) in [5, 5.41) is 0. The lowest BCUT2D eigenvalue weighted by Crippen LogP contribution is -2.49. The first-order chi connectivity index (χ1) is 8.53. The summed E-state index contributed by atoms with van der Waals surface area (Å²) in [4.78, 5) is 4.27. The molecule has 1 aromatic rings. The van der Waals surface area contributed by atoms with Crippen molar-refractivity contribution in [3.8, 4) is 0 Å². The van der Waals surface area contributed by atoms with E-state index in [1.54, 1.807) is 12.3 Å². The van der Waals surface area contributed by atoms with Crippen LogP contribution in [-0.4, -0.2) is 35.3 Å².